The number of ether oxygens (including phenoxy) is 2. The molecule has 1 fully saturated rings. The minimum atomic E-state index is 0.0575. The molecule has 0 aromatic carbocycles. The second kappa shape index (κ2) is 6.60. The van der Waals surface area contributed by atoms with Gasteiger partial charge in [0.2, 0.25) is 5.89 Å². The van der Waals surface area contributed by atoms with Crippen molar-refractivity contribution in [1.82, 2.24) is 15.0 Å². The number of methoxy groups -OCH3 is 2. The molecule has 3 rings (SSSR count). The van der Waals surface area contributed by atoms with Crippen molar-refractivity contribution >= 4 is 0 Å². The molecule has 2 aromatic heterocycles. The van der Waals surface area contributed by atoms with Gasteiger partial charge >= 0.3 is 0 Å². The Kier molecular flexibility index (Phi) is 4.56. The molecule has 1 saturated heterocycles. The Bertz CT molecular complexity index is 609. The van der Waals surface area contributed by atoms with Crippen LogP contribution in [0.4, 0.5) is 0 Å². The van der Waals surface area contributed by atoms with Gasteiger partial charge in [-0.15, -0.1) is 0 Å². The van der Waals surface area contributed by atoms with E-state index in [4.69, 9.17) is 18.4 Å². The lowest BCUT2D eigenvalue weighted by Gasteiger charge is -2.19. The summed E-state index contributed by atoms with van der Waals surface area (Å²) in [5.41, 5.74) is 0. The lowest BCUT2D eigenvalue weighted by atomic mass is 10.2. The molecule has 2 atom stereocenters. The third kappa shape index (κ3) is 3.21. The molecule has 2 aromatic rings. The molecule has 0 amide bonds. The average molecular weight is 307 g/mol. The van der Waals surface area contributed by atoms with Crippen molar-refractivity contribution < 1.29 is 18.4 Å². The zero-order chi connectivity index (χ0) is 15.5. The van der Waals surface area contributed by atoms with Gasteiger partial charge in [-0.1, -0.05) is 5.16 Å². The Morgan fingerprint density at radius 3 is 2.82 bits per heavy atom. The summed E-state index contributed by atoms with van der Waals surface area (Å²) < 4.78 is 21.7. The third-order valence-electron chi connectivity index (χ3n) is 3.89. The highest BCUT2D eigenvalue weighted by Crippen LogP contribution is 2.33. The van der Waals surface area contributed by atoms with Crippen molar-refractivity contribution in [3.05, 3.63) is 35.4 Å². The Morgan fingerprint density at radius 2 is 2.14 bits per heavy atom. The molecule has 1 aliphatic rings. The maximum Gasteiger partial charge on any atom is 0.244 e. The molecule has 0 bridgehead atoms. The predicted octanol–water partition coefficient (Wildman–Crippen LogP) is 2.08. The Morgan fingerprint density at radius 1 is 1.32 bits per heavy atom. The maximum atomic E-state index is 5.77. The van der Waals surface area contributed by atoms with Crippen LogP contribution in [0, 0.1) is 6.92 Å². The lowest BCUT2D eigenvalue weighted by molar-refractivity contribution is 0.105. The van der Waals surface area contributed by atoms with Crippen molar-refractivity contribution in [3.8, 4) is 0 Å². The van der Waals surface area contributed by atoms with Crippen LogP contribution in [0.3, 0.4) is 0 Å². The Hall–Kier alpha value is -1.70. The van der Waals surface area contributed by atoms with Gasteiger partial charge in [-0.05, 0) is 25.5 Å². The highest BCUT2D eigenvalue weighted by atomic mass is 16.5. The first-order valence-corrected chi connectivity index (χ1v) is 7.33. The fourth-order valence-electron chi connectivity index (χ4n) is 2.84. The topological polar surface area (TPSA) is 73.8 Å². The zero-order valence-corrected chi connectivity index (χ0v) is 13.1. The van der Waals surface area contributed by atoms with Crippen LogP contribution in [0.15, 0.2) is 21.1 Å². The van der Waals surface area contributed by atoms with Crippen LogP contribution in [0.2, 0.25) is 0 Å². The molecule has 0 radical (unpaired) electrons. The summed E-state index contributed by atoms with van der Waals surface area (Å²) in [5.74, 6) is 3.01. The summed E-state index contributed by atoms with van der Waals surface area (Å²) in [6.45, 7) is 3.79. The number of aromatic nitrogens is 2. The van der Waals surface area contributed by atoms with E-state index in [1.165, 1.54) is 0 Å². The summed E-state index contributed by atoms with van der Waals surface area (Å²) in [6.07, 6.45) is 0.995. The van der Waals surface area contributed by atoms with E-state index >= 15 is 0 Å². The molecule has 1 aliphatic heterocycles. The van der Waals surface area contributed by atoms with E-state index in [-0.39, 0.29) is 12.1 Å². The van der Waals surface area contributed by atoms with Gasteiger partial charge in [0.25, 0.3) is 0 Å². The predicted molar refractivity (Wildman–Crippen MR) is 77.0 cm³/mol. The van der Waals surface area contributed by atoms with Crippen molar-refractivity contribution in [3.63, 3.8) is 0 Å². The smallest absolute Gasteiger partial charge is 0.244 e. The number of nitrogens with zero attached hydrogens (tertiary/aromatic N) is 3. The van der Waals surface area contributed by atoms with Gasteiger partial charge in [-0.3, -0.25) is 4.90 Å². The fourth-order valence-corrected chi connectivity index (χ4v) is 2.84. The first-order valence-electron chi connectivity index (χ1n) is 7.33. The maximum absolute atomic E-state index is 5.77. The summed E-state index contributed by atoms with van der Waals surface area (Å²) in [5, 5.41) is 3.89. The molecular weight excluding hydrogens is 286 g/mol. The van der Waals surface area contributed by atoms with Crippen LogP contribution in [-0.2, 0) is 22.6 Å². The molecule has 0 spiro atoms. The van der Waals surface area contributed by atoms with Gasteiger partial charge < -0.3 is 18.4 Å². The molecule has 0 saturated carbocycles. The summed E-state index contributed by atoms with van der Waals surface area (Å²) >= 11 is 0. The van der Waals surface area contributed by atoms with Crippen molar-refractivity contribution in [2.24, 2.45) is 0 Å². The van der Waals surface area contributed by atoms with Crippen LogP contribution in [0.5, 0.6) is 0 Å². The third-order valence-corrected chi connectivity index (χ3v) is 3.89. The van der Waals surface area contributed by atoms with E-state index in [0.29, 0.717) is 24.9 Å². The normalized spacial score (nSPS) is 22.5. The first-order chi connectivity index (χ1) is 10.7. The first kappa shape index (κ1) is 15.2. The summed E-state index contributed by atoms with van der Waals surface area (Å²) in [4.78, 5) is 6.61. The van der Waals surface area contributed by atoms with E-state index in [9.17, 15) is 0 Å². The molecule has 7 nitrogen and oxygen atoms in total. The quantitative estimate of drug-likeness (QED) is 0.808. The molecule has 0 aliphatic carbocycles. The fraction of sp³-hybridized carbons (Fsp3) is 0.600. The van der Waals surface area contributed by atoms with Gasteiger partial charge in [0.15, 0.2) is 5.82 Å². The number of aryl methyl sites for hydroxylation is 1. The van der Waals surface area contributed by atoms with Crippen LogP contribution >= 0.6 is 0 Å². The zero-order valence-electron chi connectivity index (χ0n) is 13.1. The summed E-state index contributed by atoms with van der Waals surface area (Å²) in [7, 11) is 3.38. The second-order valence-corrected chi connectivity index (χ2v) is 5.52. The number of likely N-dealkylation sites (tertiary alicyclic amines) is 1. The molecular formula is C15H21N3O4. The molecule has 3 heterocycles. The number of furan rings is 1. The Balaban J connectivity index is 1.74. The minimum absolute atomic E-state index is 0.0575. The molecule has 120 valence electrons. The SMILES string of the molecule is COCc1ccc(CN2C[C@H](OC)C[C@@H]2c2nc(C)no2)o1. The van der Waals surface area contributed by atoms with Crippen LogP contribution in [0.25, 0.3) is 0 Å². The van der Waals surface area contributed by atoms with Crippen molar-refractivity contribution in [2.45, 2.75) is 38.6 Å². The monoisotopic (exact) mass is 307 g/mol. The summed E-state index contributed by atoms with van der Waals surface area (Å²) in [6, 6.07) is 3.97. The van der Waals surface area contributed by atoms with E-state index < -0.39 is 0 Å². The van der Waals surface area contributed by atoms with Gasteiger partial charge in [0, 0.05) is 20.8 Å². The molecule has 0 unspecified atom stereocenters. The van der Waals surface area contributed by atoms with Gasteiger partial charge in [0.1, 0.15) is 18.1 Å². The minimum Gasteiger partial charge on any atom is -0.462 e. The number of rotatable bonds is 6. The molecule has 7 heteroatoms. The van der Waals surface area contributed by atoms with Crippen LogP contribution in [-0.4, -0.2) is 41.9 Å². The van der Waals surface area contributed by atoms with E-state index in [1.54, 1.807) is 14.2 Å². The van der Waals surface area contributed by atoms with E-state index in [1.807, 2.05) is 19.1 Å². The Labute approximate surface area is 129 Å². The van der Waals surface area contributed by atoms with Gasteiger partial charge in [-0.25, -0.2) is 0 Å². The van der Waals surface area contributed by atoms with E-state index in [2.05, 4.69) is 15.0 Å². The molecule has 0 N–H and O–H groups in total. The van der Waals surface area contributed by atoms with Crippen molar-refractivity contribution in [1.29, 1.82) is 0 Å². The standard InChI is InChI=1S/C15H21N3O4/c1-10-16-15(22-17-10)14-6-13(20-3)8-18(14)7-11-4-5-12(21-11)9-19-2/h4-5,13-14H,6-9H2,1-3H3/t13-,14-/m1/s1. The second-order valence-electron chi connectivity index (χ2n) is 5.52. The van der Waals surface area contributed by atoms with Gasteiger partial charge in [0.05, 0.1) is 18.7 Å². The number of hydrogen-bond acceptors (Lipinski definition) is 7. The number of hydrogen-bond donors (Lipinski definition) is 0. The highest BCUT2D eigenvalue weighted by Gasteiger charge is 2.37. The van der Waals surface area contributed by atoms with E-state index in [0.717, 1.165) is 24.5 Å². The van der Waals surface area contributed by atoms with Gasteiger partial charge in [-0.2, -0.15) is 4.98 Å². The largest absolute Gasteiger partial charge is 0.462 e. The molecule has 22 heavy (non-hydrogen) atoms. The highest BCUT2D eigenvalue weighted by molar-refractivity contribution is 5.08. The average Bonchev–Trinajstić information content (AvgIpc) is 3.20. The van der Waals surface area contributed by atoms with Crippen molar-refractivity contribution in [2.75, 3.05) is 20.8 Å². The van der Waals surface area contributed by atoms with Crippen LogP contribution < -0.4 is 0 Å². The van der Waals surface area contributed by atoms with Crippen LogP contribution in [0.1, 0.15) is 35.7 Å². The lowest BCUT2D eigenvalue weighted by Crippen LogP contribution is -2.24.